The molecule has 1 aromatic carbocycles. The number of fused-ring (bicyclic) bond motifs is 5. The van der Waals surface area contributed by atoms with Gasteiger partial charge < -0.3 is 0 Å². The number of carbonyl (C=O) groups is 1. The van der Waals surface area contributed by atoms with E-state index in [4.69, 9.17) is 0 Å². The van der Waals surface area contributed by atoms with Crippen molar-refractivity contribution < 1.29 is 4.79 Å². The van der Waals surface area contributed by atoms with E-state index in [-0.39, 0.29) is 0 Å². The second kappa shape index (κ2) is 12.0. The molecule has 0 aliphatic heterocycles. The number of thioether (sulfide) groups is 1. The van der Waals surface area contributed by atoms with Gasteiger partial charge in [0, 0.05) is 17.2 Å². The molecule has 0 unspecified atom stereocenters. The quantitative estimate of drug-likeness (QED) is 0.218. The molecule has 9 atom stereocenters. The highest BCUT2D eigenvalue weighted by atomic mass is 32.2. The molecule has 4 saturated carbocycles. The van der Waals surface area contributed by atoms with Crippen LogP contribution in [0.15, 0.2) is 35.2 Å². The van der Waals surface area contributed by atoms with Gasteiger partial charge in [-0.1, -0.05) is 72.1 Å². The molecule has 0 amide bonds. The summed E-state index contributed by atoms with van der Waals surface area (Å²) in [5.41, 5.74) is 0.969. The zero-order valence-electron chi connectivity index (χ0n) is 25.2. The molecule has 0 spiro atoms. The third-order valence-corrected chi connectivity index (χ3v) is 13.7. The monoisotopic (exact) mass is 536 g/mol. The van der Waals surface area contributed by atoms with E-state index in [1.54, 1.807) is 0 Å². The summed E-state index contributed by atoms with van der Waals surface area (Å²) < 4.78 is 0. The summed E-state index contributed by atoms with van der Waals surface area (Å²) in [7, 11) is 0. The Hall–Kier alpha value is -0.760. The zero-order valence-corrected chi connectivity index (χ0v) is 26.0. The van der Waals surface area contributed by atoms with Crippen molar-refractivity contribution in [3.8, 4) is 0 Å². The Balaban J connectivity index is 1.21. The molecule has 5 rings (SSSR count). The lowest BCUT2D eigenvalue weighted by molar-refractivity contribution is -0.148. The van der Waals surface area contributed by atoms with Crippen LogP contribution in [-0.4, -0.2) is 11.5 Å². The van der Waals surface area contributed by atoms with Crippen LogP contribution in [0.3, 0.4) is 0 Å². The summed E-state index contributed by atoms with van der Waals surface area (Å²) in [5.74, 6) is 8.11. The highest BCUT2D eigenvalue weighted by molar-refractivity contribution is 7.99. The van der Waals surface area contributed by atoms with Crippen LogP contribution in [0.25, 0.3) is 0 Å². The lowest BCUT2D eigenvalue weighted by Crippen LogP contribution is -2.55. The third kappa shape index (κ3) is 5.69. The largest absolute Gasteiger partial charge is 0.299 e. The van der Waals surface area contributed by atoms with Crippen LogP contribution in [-0.2, 0) is 4.79 Å². The van der Waals surface area contributed by atoms with Gasteiger partial charge in [0.25, 0.3) is 0 Å². The van der Waals surface area contributed by atoms with Gasteiger partial charge in [0.15, 0.2) is 0 Å². The minimum atomic E-state index is 0.317. The summed E-state index contributed by atoms with van der Waals surface area (Å²) >= 11 is 1.96. The molecule has 0 N–H and O–H groups in total. The molecule has 212 valence electrons. The highest BCUT2D eigenvalue weighted by Gasteiger charge is 2.61. The fraction of sp³-hybridized carbons (Fsp3) is 0.806. The standard InChI is InChI=1S/C36H56OS/c1-25(2)11-9-12-26(3)31-18-19-32-30-17-16-28-23-34(37)27(13-10-22-38-29-14-7-6-8-15-29)24-36(28,5)33(30)20-21-35(31,32)4/h6-8,14-15,25-28,30-33H,9-13,16-24H2,1-5H3/t26-,27+,28+,30+,31-,32+,33+,35-,36+/m1/s1. The minimum Gasteiger partial charge on any atom is -0.299 e. The molecule has 1 nitrogen and oxygen atoms in total. The molecular weight excluding hydrogens is 480 g/mol. The highest BCUT2D eigenvalue weighted by Crippen LogP contribution is 2.68. The summed E-state index contributed by atoms with van der Waals surface area (Å²) in [6.45, 7) is 12.7. The fourth-order valence-corrected chi connectivity index (χ4v) is 11.5. The summed E-state index contributed by atoms with van der Waals surface area (Å²) in [4.78, 5) is 14.6. The number of hydrogen-bond acceptors (Lipinski definition) is 2. The molecule has 0 aromatic heterocycles. The van der Waals surface area contributed by atoms with Crippen molar-refractivity contribution >= 4 is 17.5 Å². The van der Waals surface area contributed by atoms with Crippen LogP contribution < -0.4 is 0 Å². The maximum atomic E-state index is 13.3. The fourth-order valence-electron chi connectivity index (χ4n) is 10.6. The van der Waals surface area contributed by atoms with Crippen LogP contribution in [0.4, 0.5) is 0 Å². The Morgan fingerprint density at radius 3 is 2.42 bits per heavy atom. The van der Waals surface area contributed by atoms with E-state index in [0.29, 0.717) is 28.4 Å². The normalized spacial score (nSPS) is 39.5. The maximum Gasteiger partial charge on any atom is 0.136 e. The van der Waals surface area contributed by atoms with Gasteiger partial charge in [-0.2, -0.15) is 0 Å². The molecule has 38 heavy (non-hydrogen) atoms. The van der Waals surface area contributed by atoms with Crippen molar-refractivity contribution in [3.05, 3.63) is 30.3 Å². The van der Waals surface area contributed by atoms with Gasteiger partial charge in [-0.05, 0) is 128 Å². The van der Waals surface area contributed by atoms with Crippen LogP contribution in [0.1, 0.15) is 118 Å². The molecule has 0 heterocycles. The van der Waals surface area contributed by atoms with Crippen molar-refractivity contribution in [2.45, 2.75) is 123 Å². The molecule has 1 aromatic rings. The zero-order chi connectivity index (χ0) is 26.9. The number of Topliss-reactive ketones (excluding diaryl/α,β-unsaturated/α-hetero) is 1. The van der Waals surface area contributed by atoms with Crippen molar-refractivity contribution in [1.29, 1.82) is 0 Å². The van der Waals surface area contributed by atoms with E-state index in [9.17, 15) is 4.79 Å². The molecular formula is C36H56OS. The van der Waals surface area contributed by atoms with Gasteiger partial charge in [0.05, 0.1) is 0 Å². The first-order chi connectivity index (χ1) is 18.2. The first-order valence-corrected chi connectivity index (χ1v) is 17.4. The van der Waals surface area contributed by atoms with E-state index in [0.717, 1.165) is 54.1 Å². The van der Waals surface area contributed by atoms with Gasteiger partial charge in [-0.3, -0.25) is 4.79 Å². The van der Waals surface area contributed by atoms with Crippen molar-refractivity contribution in [3.63, 3.8) is 0 Å². The number of rotatable bonds is 10. The van der Waals surface area contributed by atoms with Crippen molar-refractivity contribution in [2.24, 2.45) is 58.2 Å². The smallest absolute Gasteiger partial charge is 0.136 e. The number of hydrogen-bond donors (Lipinski definition) is 0. The Morgan fingerprint density at radius 2 is 1.66 bits per heavy atom. The van der Waals surface area contributed by atoms with E-state index < -0.39 is 0 Å². The van der Waals surface area contributed by atoms with E-state index in [2.05, 4.69) is 65.0 Å². The Morgan fingerprint density at radius 1 is 0.895 bits per heavy atom. The number of ketones is 1. The summed E-state index contributed by atoms with van der Waals surface area (Å²) in [5, 5.41) is 0. The van der Waals surface area contributed by atoms with Crippen LogP contribution in [0.5, 0.6) is 0 Å². The molecule has 4 aliphatic rings. The van der Waals surface area contributed by atoms with Gasteiger partial charge in [-0.25, -0.2) is 0 Å². The summed E-state index contributed by atoms with van der Waals surface area (Å²) in [6, 6.07) is 10.8. The number of carbonyl (C=O) groups excluding carboxylic acids is 1. The lowest BCUT2D eigenvalue weighted by Gasteiger charge is -2.61. The molecule has 0 bridgehead atoms. The molecule has 0 saturated heterocycles. The summed E-state index contributed by atoms with van der Waals surface area (Å²) in [6.07, 6.45) is 17.2. The van der Waals surface area contributed by atoms with Crippen molar-refractivity contribution in [2.75, 3.05) is 5.75 Å². The second-order valence-corrected chi connectivity index (χ2v) is 16.2. The first kappa shape index (κ1) is 28.8. The van der Waals surface area contributed by atoms with Crippen molar-refractivity contribution in [1.82, 2.24) is 0 Å². The molecule has 4 aliphatic carbocycles. The lowest BCUT2D eigenvalue weighted by atomic mass is 9.43. The van der Waals surface area contributed by atoms with Crippen LogP contribution in [0, 0.1) is 58.2 Å². The molecule has 0 radical (unpaired) electrons. The van der Waals surface area contributed by atoms with Crippen LogP contribution in [0.2, 0.25) is 0 Å². The predicted octanol–water partition coefficient (Wildman–Crippen LogP) is 10.5. The third-order valence-electron chi connectivity index (χ3n) is 12.6. The van der Waals surface area contributed by atoms with E-state index >= 15 is 0 Å². The topological polar surface area (TPSA) is 17.1 Å². The first-order valence-electron chi connectivity index (χ1n) is 16.4. The van der Waals surface area contributed by atoms with E-state index in [1.807, 2.05) is 11.8 Å². The minimum absolute atomic E-state index is 0.317. The second-order valence-electron chi connectivity index (χ2n) is 15.1. The Kier molecular flexibility index (Phi) is 9.08. The van der Waals surface area contributed by atoms with E-state index in [1.165, 1.54) is 75.5 Å². The SMILES string of the molecule is CC(C)CCC[C@@H](C)[C@H]1CC[C@H]2[C@@H]3CC[C@H]4CC(=O)[C@@H](CCCSc5ccccc5)C[C@]4(C)[C@H]3CC[C@]12C. The van der Waals surface area contributed by atoms with Gasteiger partial charge in [0.1, 0.15) is 5.78 Å². The molecule has 2 heteroatoms. The van der Waals surface area contributed by atoms with Gasteiger partial charge in [-0.15, -0.1) is 11.8 Å². The predicted molar refractivity (Wildman–Crippen MR) is 163 cm³/mol. The maximum absolute atomic E-state index is 13.3. The average molecular weight is 537 g/mol. The Labute approximate surface area is 239 Å². The van der Waals surface area contributed by atoms with Gasteiger partial charge in [0.2, 0.25) is 0 Å². The average Bonchev–Trinajstić information content (AvgIpc) is 3.25. The molecule has 4 fully saturated rings. The number of benzene rings is 1. The van der Waals surface area contributed by atoms with Gasteiger partial charge >= 0.3 is 0 Å². The Bertz CT molecular complexity index is 925. The van der Waals surface area contributed by atoms with Crippen LogP contribution >= 0.6 is 11.8 Å².